The monoisotopic (exact) mass is 256 g/mol. The third-order valence-corrected chi connectivity index (χ3v) is 2.85. The van der Waals surface area contributed by atoms with Gasteiger partial charge in [-0.25, -0.2) is 0 Å². The van der Waals surface area contributed by atoms with Gasteiger partial charge < -0.3 is 9.30 Å². The normalized spacial score (nSPS) is 11.4. The van der Waals surface area contributed by atoms with E-state index in [1.165, 1.54) is 0 Å². The van der Waals surface area contributed by atoms with Crippen LogP contribution in [0.1, 0.15) is 32.4 Å². The summed E-state index contributed by atoms with van der Waals surface area (Å²) in [5.41, 5.74) is 1.96. The summed E-state index contributed by atoms with van der Waals surface area (Å²) in [7, 11) is 0. The lowest BCUT2D eigenvalue weighted by Gasteiger charge is -2.05. The summed E-state index contributed by atoms with van der Waals surface area (Å²) in [6, 6.07) is 10.4. The average molecular weight is 256 g/mol. The Morgan fingerprint density at radius 1 is 1.26 bits per heavy atom. The van der Waals surface area contributed by atoms with Crippen molar-refractivity contribution >= 4 is 11.9 Å². The molecular formula is C16H20N2O. The summed E-state index contributed by atoms with van der Waals surface area (Å²) in [6.45, 7) is 6.94. The number of nitrogens with zero attached hydrogens (tertiary/aromatic N) is 2. The minimum absolute atomic E-state index is 0.470. The standard InChI is InChI=1S/C16H20N2O/c1-4-19-16-8-6-5-7-15(16)17-11-14-9-10-18(12-14)13(2)3/h5-13H,4H2,1-3H3. The number of ether oxygens (including phenoxy) is 1. The Kier molecular flexibility index (Phi) is 4.39. The van der Waals surface area contributed by atoms with Crippen molar-refractivity contribution in [3.63, 3.8) is 0 Å². The van der Waals surface area contributed by atoms with E-state index in [0.717, 1.165) is 17.0 Å². The van der Waals surface area contributed by atoms with Gasteiger partial charge in [0, 0.05) is 30.2 Å². The Hall–Kier alpha value is -2.03. The molecular weight excluding hydrogens is 236 g/mol. The maximum Gasteiger partial charge on any atom is 0.144 e. The van der Waals surface area contributed by atoms with Gasteiger partial charge in [0.05, 0.1) is 6.61 Å². The molecule has 0 aliphatic heterocycles. The van der Waals surface area contributed by atoms with Crippen molar-refractivity contribution in [2.75, 3.05) is 6.61 Å². The van der Waals surface area contributed by atoms with E-state index >= 15 is 0 Å². The van der Waals surface area contributed by atoms with Crippen LogP contribution in [0, 0.1) is 0 Å². The average Bonchev–Trinajstić information content (AvgIpc) is 2.87. The number of hydrogen-bond acceptors (Lipinski definition) is 2. The first-order valence-electron chi connectivity index (χ1n) is 6.64. The van der Waals surface area contributed by atoms with Crippen molar-refractivity contribution in [1.82, 2.24) is 4.57 Å². The Bertz CT molecular complexity index is 555. The zero-order chi connectivity index (χ0) is 13.7. The van der Waals surface area contributed by atoms with E-state index in [-0.39, 0.29) is 0 Å². The Morgan fingerprint density at radius 2 is 2.05 bits per heavy atom. The van der Waals surface area contributed by atoms with Crippen LogP contribution in [0.15, 0.2) is 47.7 Å². The largest absolute Gasteiger partial charge is 0.492 e. The first-order valence-corrected chi connectivity index (χ1v) is 6.64. The summed E-state index contributed by atoms with van der Waals surface area (Å²) in [5.74, 6) is 0.824. The third kappa shape index (κ3) is 3.47. The highest BCUT2D eigenvalue weighted by Gasteiger charge is 2.01. The summed E-state index contributed by atoms with van der Waals surface area (Å²) < 4.78 is 7.71. The van der Waals surface area contributed by atoms with Gasteiger partial charge in [-0.2, -0.15) is 0 Å². The summed E-state index contributed by atoms with van der Waals surface area (Å²) in [6.07, 6.45) is 6.04. The van der Waals surface area contributed by atoms with Gasteiger partial charge in [-0.05, 0) is 39.0 Å². The quantitative estimate of drug-likeness (QED) is 0.736. The summed E-state index contributed by atoms with van der Waals surface area (Å²) >= 11 is 0. The number of aliphatic imine (C=N–C) groups is 1. The minimum Gasteiger partial charge on any atom is -0.492 e. The first-order chi connectivity index (χ1) is 9.20. The molecule has 0 saturated carbocycles. The third-order valence-electron chi connectivity index (χ3n) is 2.85. The van der Waals surface area contributed by atoms with Crippen LogP contribution in [0.2, 0.25) is 0 Å². The van der Waals surface area contributed by atoms with Crippen LogP contribution in [-0.4, -0.2) is 17.4 Å². The zero-order valence-corrected chi connectivity index (χ0v) is 11.7. The van der Waals surface area contributed by atoms with Crippen LogP contribution in [-0.2, 0) is 0 Å². The van der Waals surface area contributed by atoms with Crippen molar-refractivity contribution in [2.24, 2.45) is 4.99 Å². The van der Waals surface area contributed by atoms with Crippen molar-refractivity contribution in [2.45, 2.75) is 26.8 Å². The fourth-order valence-electron chi connectivity index (χ4n) is 1.81. The minimum atomic E-state index is 0.470. The molecule has 2 aromatic rings. The molecule has 2 rings (SSSR count). The molecule has 1 aromatic carbocycles. The van der Waals surface area contributed by atoms with Crippen molar-refractivity contribution < 1.29 is 4.74 Å². The fraction of sp³-hybridized carbons (Fsp3) is 0.312. The maximum absolute atomic E-state index is 5.55. The number of aromatic nitrogens is 1. The summed E-state index contributed by atoms with van der Waals surface area (Å²) in [5, 5.41) is 0. The molecule has 3 heteroatoms. The Morgan fingerprint density at radius 3 is 2.74 bits per heavy atom. The van der Waals surface area contributed by atoms with Gasteiger partial charge in [0.15, 0.2) is 0 Å². The number of para-hydroxylation sites is 2. The first kappa shape index (κ1) is 13.4. The molecule has 1 heterocycles. The van der Waals surface area contributed by atoms with E-state index in [4.69, 9.17) is 4.74 Å². The molecule has 1 aromatic heterocycles. The molecule has 0 N–H and O–H groups in total. The maximum atomic E-state index is 5.55. The van der Waals surface area contributed by atoms with Gasteiger partial charge in [-0.15, -0.1) is 0 Å². The van der Waals surface area contributed by atoms with Crippen LogP contribution in [0.5, 0.6) is 5.75 Å². The zero-order valence-electron chi connectivity index (χ0n) is 11.7. The second-order valence-electron chi connectivity index (χ2n) is 4.64. The van der Waals surface area contributed by atoms with E-state index < -0.39 is 0 Å². The lowest BCUT2D eigenvalue weighted by molar-refractivity contribution is 0.341. The molecule has 0 spiro atoms. The van der Waals surface area contributed by atoms with Gasteiger partial charge in [-0.3, -0.25) is 4.99 Å². The van der Waals surface area contributed by atoms with E-state index in [2.05, 4.69) is 41.9 Å². The van der Waals surface area contributed by atoms with E-state index in [9.17, 15) is 0 Å². The van der Waals surface area contributed by atoms with Crippen molar-refractivity contribution in [3.8, 4) is 5.75 Å². The molecule has 0 saturated heterocycles. The van der Waals surface area contributed by atoms with E-state index in [1.807, 2.05) is 37.4 Å². The van der Waals surface area contributed by atoms with Crippen LogP contribution in [0.25, 0.3) is 0 Å². The van der Waals surface area contributed by atoms with Gasteiger partial charge in [-0.1, -0.05) is 12.1 Å². The highest BCUT2D eigenvalue weighted by Crippen LogP contribution is 2.26. The van der Waals surface area contributed by atoms with E-state index in [1.54, 1.807) is 0 Å². The number of rotatable bonds is 5. The second kappa shape index (κ2) is 6.23. The molecule has 0 bridgehead atoms. The molecule has 0 aliphatic rings. The molecule has 0 unspecified atom stereocenters. The highest BCUT2D eigenvalue weighted by atomic mass is 16.5. The van der Waals surface area contributed by atoms with Crippen molar-refractivity contribution in [3.05, 3.63) is 48.3 Å². The predicted molar refractivity (Wildman–Crippen MR) is 79.7 cm³/mol. The van der Waals surface area contributed by atoms with Gasteiger partial charge in [0.1, 0.15) is 11.4 Å². The molecule has 0 amide bonds. The van der Waals surface area contributed by atoms with Gasteiger partial charge in [0.25, 0.3) is 0 Å². The number of hydrogen-bond donors (Lipinski definition) is 0. The molecule has 0 atom stereocenters. The second-order valence-corrected chi connectivity index (χ2v) is 4.64. The number of benzene rings is 1. The summed E-state index contributed by atoms with van der Waals surface area (Å²) in [4.78, 5) is 4.50. The Labute approximate surface area is 114 Å². The van der Waals surface area contributed by atoms with Crippen LogP contribution < -0.4 is 4.74 Å². The van der Waals surface area contributed by atoms with Crippen molar-refractivity contribution in [1.29, 1.82) is 0 Å². The topological polar surface area (TPSA) is 26.5 Å². The SMILES string of the molecule is CCOc1ccccc1N=Cc1ccn(C(C)C)c1. The lowest BCUT2D eigenvalue weighted by Crippen LogP contribution is -1.95. The fourth-order valence-corrected chi connectivity index (χ4v) is 1.81. The molecule has 3 nitrogen and oxygen atoms in total. The van der Waals surface area contributed by atoms with Gasteiger partial charge in [0.2, 0.25) is 0 Å². The molecule has 0 aliphatic carbocycles. The van der Waals surface area contributed by atoms with Crippen LogP contribution >= 0.6 is 0 Å². The van der Waals surface area contributed by atoms with Crippen LogP contribution in [0.3, 0.4) is 0 Å². The van der Waals surface area contributed by atoms with Gasteiger partial charge >= 0.3 is 0 Å². The predicted octanol–water partition coefficient (Wildman–Crippen LogP) is 4.22. The highest BCUT2D eigenvalue weighted by molar-refractivity contribution is 5.82. The molecule has 100 valence electrons. The molecule has 19 heavy (non-hydrogen) atoms. The molecule has 0 fully saturated rings. The lowest BCUT2D eigenvalue weighted by atomic mass is 10.3. The Balaban J connectivity index is 2.17. The van der Waals surface area contributed by atoms with Crippen LogP contribution in [0.4, 0.5) is 5.69 Å². The molecule has 0 radical (unpaired) electrons. The van der Waals surface area contributed by atoms with E-state index in [0.29, 0.717) is 12.6 Å². The smallest absolute Gasteiger partial charge is 0.144 e.